The van der Waals surface area contributed by atoms with E-state index in [1.165, 1.54) is 12.1 Å². The van der Waals surface area contributed by atoms with E-state index < -0.39 is 32.5 Å². The predicted octanol–water partition coefficient (Wildman–Crippen LogP) is 3.84. The number of hydroxylamine groups is 2. The van der Waals surface area contributed by atoms with Crippen molar-refractivity contribution in [3.05, 3.63) is 46.4 Å². The maximum Gasteiger partial charge on any atom is 0.525 e. The molecular weight excluding hydrogens is 449 g/mol. The Kier molecular flexibility index (Phi) is 6.67. The Labute approximate surface area is 183 Å². The summed E-state index contributed by atoms with van der Waals surface area (Å²) >= 11 is 0. The molecule has 0 fully saturated rings. The summed E-state index contributed by atoms with van der Waals surface area (Å²) in [6.07, 6.45) is 3.69. The van der Waals surface area contributed by atoms with Gasteiger partial charge in [0.25, 0.3) is 11.8 Å². The van der Waals surface area contributed by atoms with Crippen LogP contribution in [0.3, 0.4) is 0 Å². The van der Waals surface area contributed by atoms with Gasteiger partial charge in [0, 0.05) is 24.2 Å². The van der Waals surface area contributed by atoms with Gasteiger partial charge in [-0.25, -0.2) is 0 Å². The number of unbranched alkanes of at least 4 members (excludes halogenated alkanes) is 2. The molecule has 11 heteroatoms. The molecule has 0 aromatic heterocycles. The van der Waals surface area contributed by atoms with Crippen LogP contribution in [0.5, 0.6) is 0 Å². The van der Waals surface area contributed by atoms with Crippen molar-refractivity contribution in [2.75, 3.05) is 13.1 Å². The van der Waals surface area contributed by atoms with Crippen molar-refractivity contribution in [1.82, 2.24) is 9.96 Å². The van der Waals surface area contributed by atoms with E-state index in [2.05, 4.69) is 20.6 Å². The van der Waals surface area contributed by atoms with Gasteiger partial charge in [0.2, 0.25) is 0 Å². The lowest BCUT2D eigenvalue weighted by Crippen LogP contribution is -2.45. The number of alkyl halides is 3. The predicted molar refractivity (Wildman–Crippen MR) is 109 cm³/mol. The summed E-state index contributed by atoms with van der Waals surface area (Å²) in [5, 5.41) is -0.393. The van der Waals surface area contributed by atoms with Crippen LogP contribution in [0.2, 0.25) is 0 Å². The van der Waals surface area contributed by atoms with Crippen LogP contribution in [0.1, 0.15) is 61.0 Å². The van der Waals surface area contributed by atoms with E-state index in [1.807, 2.05) is 13.8 Å². The maximum atomic E-state index is 12.8. The van der Waals surface area contributed by atoms with E-state index in [0.717, 1.165) is 25.7 Å². The third kappa shape index (κ3) is 4.25. The van der Waals surface area contributed by atoms with E-state index in [0.29, 0.717) is 24.4 Å². The number of nitrogens with zero attached hydrogens (tertiary/aromatic N) is 2. The number of benzene rings is 1. The van der Waals surface area contributed by atoms with Crippen LogP contribution in [0, 0.1) is 0 Å². The quantitative estimate of drug-likeness (QED) is 0.310. The zero-order valence-corrected chi connectivity index (χ0v) is 18.3. The topological polar surface area (TPSA) is 84.0 Å². The number of halogens is 3. The summed E-state index contributed by atoms with van der Waals surface area (Å²) in [4.78, 5) is 27.5. The van der Waals surface area contributed by atoms with Gasteiger partial charge in [-0.05, 0) is 24.6 Å². The number of carbonyl (C=O) groups excluding carboxylic acids is 2. The Morgan fingerprint density at radius 1 is 1.00 bits per heavy atom. The Morgan fingerprint density at radius 2 is 1.59 bits per heavy atom. The van der Waals surface area contributed by atoms with Crippen molar-refractivity contribution < 1.29 is 35.5 Å². The van der Waals surface area contributed by atoms with Crippen molar-refractivity contribution in [3.8, 4) is 0 Å². The lowest BCUT2D eigenvalue weighted by molar-refractivity contribution is -0.144. The van der Waals surface area contributed by atoms with Crippen LogP contribution in [-0.4, -0.2) is 48.8 Å². The molecule has 1 aromatic rings. The molecule has 32 heavy (non-hydrogen) atoms. The number of hydrogen-bond acceptors (Lipinski definition) is 6. The van der Waals surface area contributed by atoms with Gasteiger partial charge in [-0.2, -0.15) is 21.6 Å². The third-order valence-corrected chi connectivity index (χ3v) is 5.94. The summed E-state index contributed by atoms with van der Waals surface area (Å²) < 4.78 is 64.9. The number of imide groups is 1. The first kappa shape index (κ1) is 23.8. The monoisotopic (exact) mass is 470 g/mol. The Hall–Kier alpha value is -2.84. The fraction of sp³-hybridized carbons (Fsp3) is 0.429. The van der Waals surface area contributed by atoms with Crippen molar-refractivity contribution in [2.24, 2.45) is 0 Å². The Morgan fingerprint density at radius 3 is 2.16 bits per heavy atom. The molecule has 1 heterocycles. The molecule has 2 amide bonds. The van der Waals surface area contributed by atoms with Crippen LogP contribution in [0.15, 0.2) is 29.7 Å². The van der Waals surface area contributed by atoms with Gasteiger partial charge in [0.15, 0.2) is 0 Å². The fourth-order valence-corrected chi connectivity index (χ4v) is 3.82. The molecule has 1 aromatic carbocycles. The zero-order valence-electron chi connectivity index (χ0n) is 17.5. The van der Waals surface area contributed by atoms with Gasteiger partial charge in [-0.15, -0.1) is 9.35 Å². The molecule has 0 N–H and O–H groups in total. The zero-order chi connectivity index (χ0) is 23.7. The second-order valence-corrected chi connectivity index (χ2v) is 8.80. The molecule has 0 spiro atoms. The van der Waals surface area contributed by atoms with Gasteiger partial charge in [0.05, 0.1) is 11.3 Å². The normalized spacial score (nSPS) is 15.5. The van der Waals surface area contributed by atoms with E-state index in [9.17, 15) is 31.2 Å². The first-order chi connectivity index (χ1) is 15.0. The Balaban J connectivity index is 2.12. The van der Waals surface area contributed by atoms with Crippen molar-refractivity contribution in [3.63, 3.8) is 0 Å². The molecular formula is C21H21F3N2O5S. The number of rotatable bonds is 9. The molecule has 2 aliphatic rings. The first-order valence-corrected chi connectivity index (χ1v) is 11.5. The van der Waals surface area contributed by atoms with Crippen LogP contribution >= 0.6 is 0 Å². The highest BCUT2D eigenvalue weighted by Crippen LogP contribution is 2.38. The minimum Gasteiger partial charge on any atom is -0.364 e. The van der Waals surface area contributed by atoms with Crippen LogP contribution in [0.25, 0.3) is 11.3 Å². The largest absolute Gasteiger partial charge is 0.525 e. The minimum atomic E-state index is -6.22. The molecule has 1 aliphatic carbocycles. The molecule has 7 nitrogen and oxygen atoms in total. The average Bonchev–Trinajstić information content (AvgIpc) is 2.74. The minimum absolute atomic E-state index is 0.160. The Bertz CT molecular complexity index is 1150. The third-order valence-electron chi connectivity index (χ3n) is 5.02. The molecule has 0 unspecified atom stereocenters. The SMILES string of the molecule is CCCCN(CCCC)C1=C=C=C2C(=O)N(OS(=O)(=O)C(F)(F)F)C(=O)c3cccc1c32. The van der Waals surface area contributed by atoms with Crippen LogP contribution in [-0.2, 0) is 19.2 Å². The molecule has 0 bridgehead atoms. The summed E-state index contributed by atoms with van der Waals surface area (Å²) in [7, 11) is -6.22. The van der Waals surface area contributed by atoms with Crippen molar-refractivity contribution >= 4 is 33.2 Å². The highest BCUT2D eigenvalue weighted by atomic mass is 32.2. The second kappa shape index (κ2) is 8.96. The lowest BCUT2D eigenvalue weighted by Gasteiger charge is -2.32. The molecule has 0 radical (unpaired) electrons. The van der Waals surface area contributed by atoms with E-state index in [4.69, 9.17) is 0 Å². The summed E-state index contributed by atoms with van der Waals surface area (Å²) in [5.74, 6) is -2.66. The fourth-order valence-electron chi connectivity index (χ4n) is 3.40. The van der Waals surface area contributed by atoms with Crippen LogP contribution < -0.4 is 0 Å². The van der Waals surface area contributed by atoms with E-state index >= 15 is 0 Å². The highest BCUT2D eigenvalue weighted by molar-refractivity contribution is 7.87. The van der Waals surface area contributed by atoms with Crippen molar-refractivity contribution in [1.29, 1.82) is 0 Å². The summed E-state index contributed by atoms with van der Waals surface area (Å²) in [5.41, 5.74) is 0.539. The van der Waals surface area contributed by atoms with Gasteiger partial charge in [0.1, 0.15) is 5.57 Å². The molecule has 172 valence electrons. The standard InChI is InChI=1S/C21H21F3N2O5S/c1-3-5-12-25(13-6-4-2)17-11-10-16-18-14(17)8-7-9-15(18)19(27)26(20(16)28)31-32(29,30)21(22,23)24/h7-9H,3-6,12-13H2,1-2H3. The molecule has 1 aliphatic heterocycles. The number of hydrogen-bond donors (Lipinski definition) is 0. The summed E-state index contributed by atoms with van der Waals surface area (Å²) in [6.45, 7) is 5.51. The molecule has 0 saturated carbocycles. The number of amides is 2. The summed E-state index contributed by atoms with van der Waals surface area (Å²) in [6, 6.07) is 4.47. The average molecular weight is 470 g/mol. The molecule has 0 atom stereocenters. The van der Waals surface area contributed by atoms with Gasteiger partial charge in [-0.3, -0.25) is 9.59 Å². The van der Waals surface area contributed by atoms with Gasteiger partial charge < -0.3 is 4.90 Å². The lowest BCUT2D eigenvalue weighted by atomic mass is 9.87. The van der Waals surface area contributed by atoms with Gasteiger partial charge in [-0.1, -0.05) is 44.6 Å². The van der Waals surface area contributed by atoms with Crippen LogP contribution in [0.4, 0.5) is 13.2 Å². The molecule has 3 rings (SSSR count). The van der Waals surface area contributed by atoms with Crippen molar-refractivity contribution in [2.45, 2.75) is 45.0 Å². The second-order valence-electron chi connectivity index (χ2n) is 7.27. The van der Waals surface area contributed by atoms with Gasteiger partial charge >= 0.3 is 15.6 Å². The van der Waals surface area contributed by atoms with E-state index in [-0.39, 0.29) is 16.7 Å². The first-order valence-electron chi connectivity index (χ1n) is 10.1. The number of carbonyl (C=O) groups is 2. The maximum absolute atomic E-state index is 12.8. The molecule has 0 saturated heterocycles. The van der Waals surface area contributed by atoms with E-state index in [1.54, 1.807) is 6.07 Å². The smallest absolute Gasteiger partial charge is 0.364 e. The highest BCUT2D eigenvalue weighted by Gasteiger charge is 2.52.